The normalized spacial score (nSPS) is 41.9. The van der Waals surface area contributed by atoms with Gasteiger partial charge in [0.05, 0.1) is 19.3 Å². The first-order chi connectivity index (χ1) is 10.8. The Morgan fingerprint density at radius 3 is 2.78 bits per heavy atom. The van der Waals surface area contributed by atoms with Crippen LogP contribution in [0.25, 0.3) is 0 Å². The van der Waals surface area contributed by atoms with Gasteiger partial charge in [-0.3, -0.25) is 0 Å². The highest BCUT2D eigenvalue weighted by Crippen LogP contribution is 2.57. The van der Waals surface area contributed by atoms with E-state index in [1.165, 1.54) is 44.9 Å². The van der Waals surface area contributed by atoms with Gasteiger partial charge >= 0.3 is 0 Å². The lowest BCUT2D eigenvalue weighted by Gasteiger charge is -2.62. The predicted octanol–water partition coefficient (Wildman–Crippen LogP) is 2.50. The Bertz CT molecular complexity index is 385. The lowest BCUT2D eigenvalue weighted by molar-refractivity contribution is -0.175. The van der Waals surface area contributed by atoms with E-state index in [0.717, 1.165) is 32.3 Å². The fourth-order valence-corrected chi connectivity index (χ4v) is 5.47. The molecule has 0 aromatic rings. The molecule has 4 aliphatic rings. The van der Waals surface area contributed by atoms with Gasteiger partial charge in [-0.1, -0.05) is 12.8 Å². The number of morpholine rings is 1. The van der Waals surface area contributed by atoms with Gasteiger partial charge in [0.1, 0.15) is 0 Å². The molecule has 23 heavy (non-hydrogen) atoms. The molecule has 3 aliphatic carbocycles. The largest absolute Gasteiger partial charge is 0.379 e. The highest BCUT2D eigenvalue weighted by molar-refractivity contribution is 5.85. The van der Waals surface area contributed by atoms with Crippen molar-refractivity contribution < 1.29 is 9.47 Å². The van der Waals surface area contributed by atoms with Crippen molar-refractivity contribution in [3.05, 3.63) is 0 Å². The van der Waals surface area contributed by atoms with Crippen molar-refractivity contribution in [2.24, 2.45) is 11.3 Å². The summed E-state index contributed by atoms with van der Waals surface area (Å²) in [5.41, 5.74) is 0.486. The Balaban J connectivity index is 0.00000156. The molecule has 2 N–H and O–H groups in total. The van der Waals surface area contributed by atoms with E-state index in [2.05, 4.69) is 17.6 Å². The van der Waals surface area contributed by atoms with E-state index in [1.54, 1.807) is 0 Å². The fraction of sp³-hybridized carbons (Fsp3) is 1.00. The summed E-state index contributed by atoms with van der Waals surface area (Å²) in [7, 11) is 0. The van der Waals surface area contributed by atoms with Crippen molar-refractivity contribution in [1.82, 2.24) is 10.6 Å². The lowest BCUT2D eigenvalue weighted by Crippen LogP contribution is -2.69. The van der Waals surface area contributed by atoms with Gasteiger partial charge in [0, 0.05) is 36.7 Å². The van der Waals surface area contributed by atoms with Crippen LogP contribution in [0.2, 0.25) is 0 Å². The smallest absolute Gasteiger partial charge is 0.0661 e. The minimum absolute atomic E-state index is 0. The summed E-state index contributed by atoms with van der Waals surface area (Å²) in [5.74, 6) is 0.753. The van der Waals surface area contributed by atoms with Gasteiger partial charge < -0.3 is 20.1 Å². The monoisotopic (exact) mass is 344 g/mol. The zero-order valence-electron chi connectivity index (χ0n) is 14.4. The Labute approximate surface area is 146 Å². The van der Waals surface area contributed by atoms with Crippen LogP contribution in [-0.4, -0.2) is 50.6 Å². The summed E-state index contributed by atoms with van der Waals surface area (Å²) < 4.78 is 11.7. The van der Waals surface area contributed by atoms with Gasteiger partial charge in [-0.15, -0.1) is 12.4 Å². The van der Waals surface area contributed by atoms with Crippen LogP contribution in [0.5, 0.6) is 0 Å². The molecule has 5 atom stereocenters. The first-order valence-corrected chi connectivity index (χ1v) is 9.52. The van der Waals surface area contributed by atoms with Crippen molar-refractivity contribution in [1.29, 1.82) is 0 Å². The Morgan fingerprint density at radius 1 is 1.26 bits per heavy atom. The van der Waals surface area contributed by atoms with Crippen LogP contribution < -0.4 is 10.6 Å². The quantitative estimate of drug-likeness (QED) is 0.804. The summed E-state index contributed by atoms with van der Waals surface area (Å²) >= 11 is 0. The molecule has 1 saturated heterocycles. The first-order valence-electron chi connectivity index (χ1n) is 9.52. The molecule has 5 heteroatoms. The van der Waals surface area contributed by atoms with Crippen LogP contribution in [0, 0.1) is 11.3 Å². The van der Waals surface area contributed by atoms with Crippen LogP contribution in [0.3, 0.4) is 0 Å². The molecule has 0 radical (unpaired) electrons. The average molecular weight is 345 g/mol. The second-order valence-electron chi connectivity index (χ2n) is 7.82. The van der Waals surface area contributed by atoms with Crippen LogP contribution in [0.4, 0.5) is 0 Å². The van der Waals surface area contributed by atoms with Gasteiger partial charge in [0.15, 0.2) is 0 Å². The molecule has 1 spiro atoms. The van der Waals surface area contributed by atoms with Crippen molar-refractivity contribution >= 4 is 12.4 Å². The van der Waals surface area contributed by atoms with E-state index < -0.39 is 0 Å². The maximum absolute atomic E-state index is 6.00. The molecular formula is C18H33ClN2O2. The van der Waals surface area contributed by atoms with Gasteiger partial charge in [0.2, 0.25) is 0 Å². The van der Waals surface area contributed by atoms with Crippen LogP contribution in [-0.2, 0) is 9.47 Å². The summed E-state index contributed by atoms with van der Waals surface area (Å²) in [6.45, 7) is 5.81. The van der Waals surface area contributed by atoms with Crippen molar-refractivity contribution in [2.45, 2.75) is 76.1 Å². The summed E-state index contributed by atoms with van der Waals surface area (Å²) in [6.07, 6.45) is 9.96. The number of ether oxygens (including phenoxy) is 2. The number of hydrogen-bond donors (Lipinski definition) is 2. The molecule has 1 heterocycles. The zero-order valence-corrected chi connectivity index (χ0v) is 15.2. The maximum atomic E-state index is 6.00. The van der Waals surface area contributed by atoms with Crippen molar-refractivity contribution in [2.75, 3.05) is 26.4 Å². The molecule has 0 aromatic heterocycles. The number of hydrogen-bond acceptors (Lipinski definition) is 4. The van der Waals surface area contributed by atoms with Crippen LogP contribution >= 0.6 is 12.4 Å². The van der Waals surface area contributed by atoms with Crippen molar-refractivity contribution in [3.63, 3.8) is 0 Å². The van der Waals surface area contributed by atoms with E-state index in [1.807, 2.05) is 0 Å². The standard InChI is InChI=1S/C18H32N2O2.ClH/c1-2-22-17-11-16(18(17)7-4-8-18)20-14-6-3-5-13(14)15-12-21-10-9-19-15;/h13-17,19-20H,2-12H2,1H3;1H. The maximum Gasteiger partial charge on any atom is 0.0661 e. The molecule has 4 nitrogen and oxygen atoms in total. The minimum atomic E-state index is 0. The third kappa shape index (κ3) is 3.18. The predicted molar refractivity (Wildman–Crippen MR) is 94.2 cm³/mol. The van der Waals surface area contributed by atoms with Gasteiger partial charge in [0.25, 0.3) is 0 Å². The summed E-state index contributed by atoms with van der Waals surface area (Å²) in [5, 5.41) is 7.76. The molecule has 1 aliphatic heterocycles. The molecule has 0 bridgehead atoms. The van der Waals surface area contributed by atoms with Gasteiger partial charge in [-0.05, 0) is 44.9 Å². The Hall–Kier alpha value is 0.130. The highest BCUT2D eigenvalue weighted by atomic mass is 35.5. The Kier molecular flexibility index (Phi) is 5.90. The Morgan fingerprint density at radius 2 is 2.13 bits per heavy atom. The van der Waals surface area contributed by atoms with Crippen LogP contribution in [0.15, 0.2) is 0 Å². The van der Waals surface area contributed by atoms with E-state index >= 15 is 0 Å². The molecule has 0 amide bonds. The fourth-order valence-electron chi connectivity index (χ4n) is 5.47. The summed E-state index contributed by atoms with van der Waals surface area (Å²) in [4.78, 5) is 0. The number of nitrogens with one attached hydrogen (secondary N) is 2. The average Bonchev–Trinajstić information content (AvgIpc) is 2.93. The van der Waals surface area contributed by atoms with Crippen LogP contribution in [0.1, 0.15) is 51.9 Å². The topological polar surface area (TPSA) is 42.5 Å². The molecular weight excluding hydrogens is 312 g/mol. The lowest BCUT2D eigenvalue weighted by atomic mass is 9.51. The first kappa shape index (κ1) is 17.9. The molecule has 134 valence electrons. The molecule has 3 saturated carbocycles. The van der Waals surface area contributed by atoms with E-state index in [4.69, 9.17) is 9.47 Å². The third-order valence-electron chi connectivity index (χ3n) is 6.89. The molecule has 5 unspecified atom stereocenters. The van der Waals surface area contributed by atoms with E-state index in [0.29, 0.717) is 29.6 Å². The second kappa shape index (κ2) is 7.57. The van der Waals surface area contributed by atoms with E-state index in [9.17, 15) is 0 Å². The van der Waals surface area contributed by atoms with Gasteiger partial charge in [-0.2, -0.15) is 0 Å². The third-order valence-corrected chi connectivity index (χ3v) is 6.89. The second-order valence-corrected chi connectivity index (χ2v) is 7.82. The number of rotatable bonds is 5. The van der Waals surface area contributed by atoms with Gasteiger partial charge in [-0.25, -0.2) is 0 Å². The molecule has 0 aromatic carbocycles. The minimum Gasteiger partial charge on any atom is -0.379 e. The van der Waals surface area contributed by atoms with E-state index in [-0.39, 0.29) is 12.4 Å². The highest BCUT2D eigenvalue weighted by Gasteiger charge is 2.59. The zero-order chi connectivity index (χ0) is 15.0. The van der Waals surface area contributed by atoms with Crippen molar-refractivity contribution in [3.8, 4) is 0 Å². The number of halogens is 1. The molecule has 4 fully saturated rings. The SMILES string of the molecule is CCOC1CC(NC2CCCC2C2COCCN2)C12CCC2.Cl. The summed E-state index contributed by atoms with van der Waals surface area (Å²) in [6, 6.07) is 1.95. The molecule has 4 rings (SSSR count).